The molecule has 0 amide bonds. The zero-order chi connectivity index (χ0) is 15.2. The molecule has 0 saturated heterocycles. The van der Waals surface area contributed by atoms with Gasteiger partial charge in [0, 0.05) is 19.3 Å². The number of aromatic nitrogens is 5. The Kier molecular flexibility index (Phi) is 4.24. The highest BCUT2D eigenvalue weighted by Crippen LogP contribution is 2.10. The first kappa shape index (κ1) is 14.0. The normalized spacial score (nSPS) is 10.4. The number of para-hydroxylation sites is 1. The minimum absolute atomic E-state index is 0.616. The van der Waals surface area contributed by atoms with Gasteiger partial charge in [-0.2, -0.15) is 4.68 Å². The molecule has 0 saturated carbocycles. The van der Waals surface area contributed by atoms with Gasteiger partial charge in [-0.15, -0.1) is 0 Å². The van der Waals surface area contributed by atoms with Gasteiger partial charge in [-0.1, -0.05) is 23.3 Å². The Morgan fingerprint density at radius 3 is 2.68 bits per heavy atom. The van der Waals surface area contributed by atoms with Gasteiger partial charge in [0.2, 0.25) is 5.95 Å². The molecule has 0 unspecified atom stereocenters. The average molecular weight is 295 g/mol. The van der Waals surface area contributed by atoms with Gasteiger partial charge in [0.15, 0.2) is 0 Å². The van der Waals surface area contributed by atoms with Crippen LogP contribution >= 0.6 is 0 Å². The predicted octanol–water partition coefficient (Wildman–Crippen LogP) is 1.89. The summed E-state index contributed by atoms with van der Waals surface area (Å²) < 4.78 is 1.67. The van der Waals surface area contributed by atoms with Crippen molar-refractivity contribution in [3.8, 4) is 5.69 Å². The number of pyridine rings is 1. The summed E-state index contributed by atoms with van der Waals surface area (Å²) in [6, 6.07) is 13.7. The molecule has 0 bridgehead atoms. The molecule has 0 fully saturated rings. The van der Waals surface area contributed by atoms with E-state index < -0.39 is 0 Å². The van der Waals surface area contributed by atoms with E-state index in [1.165, 1.54) is 5.56 Å². The highest BCUT2D eigenvalue weighted by atomic mass is 15.6. The van der Waals surface area contributed by atoms with Crippen molar-refractivity contribution in [3.05, 3.63) is 54.2 Å². The quantitative estimate of drug-likeness (QED) is 0.676. The number of hydrogen-bond acceptors (Lipinski definition) is 6. The Bertz CT molecular complexity index is 724. The fraction of sp³-hybridized carbons (Fsp3) is 0.200. The molecule has 2 heterocycles. The molecular weight excluding hydrogens is 278 g/mol. The first-order chi connectivity index (χ1) is 10.8. The molecule has 0 aliphatic rings. The van der Waals surface area contributed by atoms with Crippen LogP contribution in [0.15, 0.2) is 48.7 Å². The summed E-state index contributed by atoms with van der Waals surface area (Å²) in [5, 5.41) is 18.2. The Morgan fingerprint density at radius 2 is 1.86 bits per heavy atom. The van der Waals surface area contributed by atoms with Crippen LogP contribution in [-0.4, -0.2) is 38.3 Å². The van der Waals surface area contributed by atoms with E-state index >= 15 is 0 Å². The second-order valence-corrected chi connectivity index (χ2v) is 4.82. The molecule has 3 rings (SSSR count). The maximum absolute atomic E-state index is 4.25. The number of tetrazole rings is 1. The van der Waals surface area contributed by atoms with E-state index in [9.17, 15) is 0 Å². The molecule has 112 valence electrons. The molecule has 1 aromatic carbocycles. The van der Waals surface area contributed by atoms with Crippen LogP contribution in [0.2, 0.25) is 0 Å². The molecule has 0 radical (unpaired) electrons. The van der Waals surface area contributed by atoms with E-state index in [1.807, 2.05) is 49.4 Å². The molecule has 0 atom stereocenters. The molecule has 7 nitrogen and oxygen atoms in total. The van der Waals surface area contributed by atoms with E-state index in [1.54, 1.807) is 10.9 Å². The minimum atomic E-state index is 0.616. The lowest BCUT2D eigenvalue weighted by Crippen LogP contribution is -2.16. The number of nitrogens with one attached hydrogen (secondary N) is 2. The molecule has 0 spiro atoms. The van der Waals surface area contributed by atoms with Gasteiger partial charge < -0.3 is 10.6 Å². The van der Waals surface area contributed by atoms with Crippen molar-refractivity contribution >= 4 is 11.8 Å². The van der Waals surface area contributed by atoms with E-state index in [0.29, 0.717) is 12.5 Å². The zero-order valence-corrected chi connectivity index (χ0v) is 12.3. The first-order valence-corrected chi connectivity index (χ1v) is 7.07. The Balaban J connectivity index is 1.56. The number of anilines is 2. The van der Waals surface area contributed by atoms with Crippen LogP contribution in [0.1, 0.15) is 5.56 Å². The maximum atomic E-state index is 4.25. The maximum Gasteiger partial charge on any atom is 0.247 e. The minimum Gasteiger partial charge on any atom is -0.368 e. The van der Waals surface area contributed by atoms with Crippen LogP contribution in [0.3, 0.4) is 0 Å². The number of aryl methyl sites for hydroxylation is 1. The van der Waals surface area contributed by atoms with Crippen molar-refractivity contribution in [2.45, 2.75) is 6.92 Å². The number of hydrogen-bond donors (Lipinski definition) is 2. The van der Waals surface area contributed by atoms with E-state index in [0.717, 1.165) is 18.1 Å². The third-order valence-corrected chi connectivity index (χ3v) is 3.10. The van der Waals surface area contributed by atoms with Crippen molar-refractivity contribution in [2.75, 3.05) is 23.7 Å². The third kappa shape index (κ3) is 3.38. The summed E-state index contributed by atoms with van der Waals surface area (Å²) in [6.07, 6.45) is 1.79. The largest absolute Gasteiger partial charge is 0.368 e. The van der Waals surface area contributed by atoms with Gasteiger partial charge in [0.25, 0.3) is 0 Å². The van der Waals surface area contributed by atoms with Crippen LogP contribution < -0.4 is 10.6 Å². The second kappa shape index (κ2) is 6.66. The zero-order valence-electron chi connectivity index (χ0n) is 12.3. The third-order valence-electron chi connectivity index (χ3n) is 3.10. The highest BCUT2D eigenvalue weighted by Gasteiger charge is 2.06. The summed E-state index contributed by atoms with van der Waals surface area (Å²) in [6.45, 7) is 3.44. The number of rotatable bonds is 6. The van der Waals surface area contributed by atoms with Crippen LogP contribution in [0, 0.1) is 6.92 Å². The van der Waals surface area contributed by atoms with E-state index in [4.69, 9.17) is 0 Å². The lowest BCUT2D eigenvalue weighted by molar-refractivity contribution is 0.789. The molecule has 0 aliphatic carbocycles. The monoisotopic (exact) mass is 295 g/mol. The molecular formula is C15H17N7. The van der Waals surface area contributed by atoms with Crippen LogP contribution in [0.4, 0.5) is 11.8 Å². The molecule has 0 aliphatic heterocycles. The van der Waals surface area contributed by atoms with Gasteiger partial charge in [-0.05, 0) is 47.2 Å². The van der Waals surface area contributed by atoms with Crippen molar-refractivity contribution in [3.63, 3.8) is 0 Å². The van der Waals surface area contributed by atoms with Crippen molar-refractivity contribution < 1.29 is 0 Å². The number of benzene rings is 1. The van der Waals surface area contributed by atoms with Crippen LogP contribution in [-0.2, 0) is 0 Å². The van der Waals surface area contributed by atoms with Crippen LogP contribution in [0.25, 0.3) is 5.69 Å². The summed E-state index contributed by atoms with van der Waals surface area (Å²) in [7, 11) is 0. The Hall–Kier alpha value is -2.96. The number of nitrogens with zero attached hydrogens (tertiary/aromatic N) is 5. The van der Waals surface area contributed by atoms with Crippen molar-refractivity contribution in [1.29, 1.82) is 0 Å². The Labute approximate surface area is 128 Å². The van der Waals surface area contributed by atoms with Gasteiger partial charge >= 0.3 is 0 Å². The summed E-state index contributed by atoms with van der Waals surface area (Å²) in [4.78, 5) is 4.25. The summed E-state index contributed by atoms with van der Waals surface area (Å²) in [5.74, 6) is 1.48. The highest BCUT2D eigenvalue weighted by molar-refractivity contribution is 5.39. The topological polar surface area (TPSA) is 80.6 Å². The average Bonchev–Trinajstić information content (AvgIpc) is 3.01. The second-order valence-electron chi connectivity index (χ2n) is 4.82. The predicted molar refractivity (Wildman–Crippen MR) is 85.1 cm³/mol. The molecule has 7 heteroatoms. The van der Waals surface area contributed by atoms with Crippen molar-refractivity contribution in [1.82, 2.24) is 25.2 Å². The first-order valence-electron chi connectivity index (χ1n) is 7.07. The molecule has 3 aromatic rings. The summed E-state index contributed by atoms with van der Waals surface area (Å²) in [5.41, 5.74) is 2.10. The van der Waals surface area contributed by atoms with Crippen LogP contribution in [0.5, 0.6) is 0 Å². The van der Waals surface area contributed by atoms with E-state index in [-0.39, 0.29) is 0 Å². The van der Waals surface area contributed by atoms with Gasteiger partial charge in [0.05, 0.1) is 5.69 Å². The SMILES string of the molecule is Cc1ccnc(NCCNc2nnnn2-c2ccccc2)c1. The standard InChI is InChI=1S/C15H17N7/c1-12-7-8-16-14(11-12)17-9-10-18-15-19-20-21-22(15)13-5-3-2-4-6-13/h2-8,11H,9-10H2,1H3,(H,16,17)(H,18,19,21). The van der Waals surface area contributed by atoms with Gasteiger partial charge in [-0.3, -0.25) is 0 Å². The fourth-order valence-corrected chi connectivity index (χ4v) is 2.04. The Morgan fingerprint density at radius 1 is 1.05 bits per heavy atom. The van der Waals surface area contributed by atoms with E-state index in [2.05, 4.69) is 31.1 Å². The summed E-state index contributed by atoms with van der Waals surface area (Å²) >= 11 is 0. The molecule has 22 heavy (non-hydrogen) atoms. The van der Waals surface area contributed by atoms with Gasteiger partial charge in [0.1, 0.15) is 5.82 Å². The fourth-order valence-electron chi connectivity index (χ4n) is 2.04. The molecule has 2 aromatic heterocycles. The van der Waals surface area contributed by atoms with Gasteiger partial charge in [-0.25, -0.2) is 4.98 Å². The molecule has 2 N–H and O–H groups in total. The lowest BCUT2D eigenvalue weighted by Gasteiger charge is -2.08. The lowest BCUT2D eigenvalue weighted by atomic mass is 10.3. The van der Waals surface area contributed by atoms with Crippen molar-refractivity contribution in [2.24, 2.45) is 0 Å². The smallest absolute Gasteiger partial charge is 0.247 e.